The quantitative estimate of drug-likeness (QED) is 0.513. The lowest BCUT2D eigenvalue weighted by molar-refractivity contribution is -0.162. The van der Waals surface area contributed by atoms with Crippen molar-refractivity contribution in [2.75, 3.05) is 0 Å². The molecule has 0 aliphatic carbocycles. The molecule has 3 aromatic carbocycles. The van der Waals surface area contributed by atoms with E-state index in [1.54, 1.807) is 0 Å². The first-order valence-corrected chi connectivity index (χ1v) is 9.36. The molecule has 3 heterocycles. The van der Waals surface area contributed by atoms with Gasteiger partial charge < -0.3 is 9.47 Å². The van der Waals surface area contributed by atoms with Gasteiger partial charge in [-0.3, -0.25) is 9.59 Å². The van der Waals surface area contributed by atoms with E-state index in [1.807, 2.05) is 84.9 Å². The van der Waals surface area contributed by atoms with Crippen molar-refractivity contribution in [3.8, 4) is 0 Å². The Bertz CT molecular complexity index is 1040. The molecule has 0 N–H and O–H groups in total. The van der Waals surface area contributed by atoms with Crippen LogP contribution in [0.2, 0.25) is 0 Å². The second kappa shape index (κ2) is 5.18. The average molecular weight is 368 g/mol. The summed E-state index contributed by atoms with van der Waals surface area (Å²) in [5.41, 5.74) is 1.50. The SMILES string of the molecule is O=C1OC(=O)[C@H]2[C@@H]1[C@@]1(c3ccccc3)O[C@@]2(c2ccccc2)c2ccccc21. The number of carbonyl (C=O) groups excluding carboxylic acids is 2. The number of carbonyl (C=O) groups is 2. The van der Waals surface area contributed by atoms with Crippen molar-refractivity contribution in [1.82, 2.24) is 0 Å². The first-order valence-electron chi connectivity index (χ1n) is 9.36. The molecule has 136 valence electrons. The summed E-state index contributed by atoms with van der Waals surface area (Å²) in [6.45, 7) is 0. The van der Waals surface area contributed by atoms with Gasteiger partial charge in [0.1, 0.15) is 23.0 Å². The van der Waals surface area contributed by atoms with Gasteiger partial charge in [0.15, 0.2) is 0 Å². The van der Waals surface area contributed by atoms with Gasteiger partial charge in [-0.25, -0.2) is 0 Å². The Kier molecular flexibility index (Phi) is 2.92. The number of cyclic esters (lactones) is 2. The number of ether oxygens (including phenoxy) is 2. The van der Waals surface area contributed by atoms with E-state index in [9.17, 15) is 9.59 Å². The Labute approximate surface area is 161 Å². The highest BCUT2D eigenvalue weighted by molar-refractivity contribution is 6.01. The molecule has 0 saturated carbocycles. The molecule has 0 amide bonds. The first kappa shape index (κ1) is 15.8. The number of fused-ring (bicyclic) bond motifs is 8. The van der Waals surface area contributed by atoms with Crippen LogP contribution in [0.1, 0.15) is 22.3 Å². The summed E-state index contributed by atoms with van der Waals surface area (Å²) < 4.78 is 12.1. The van der Waals surface area contributed by atoms with Gasteiger partial charge in [-0.05, 0) is 22.3 Å². The minimum atomic E-state index is -1.04. The molecule has 28 heavy (non-hydrogen) atoms. The number of rotatable bonds is 2. The lowest BCUT2D eigenvalue weighted by atomic mass is 9.61. The smallest absolute Gasteiger partial charge is 0.321 e. The monoisotopic (exact) mass is 368 g/mol. The maximum atomic E-state index is 12.9. The summed E-state index contributed by atoms with van der Waals surface area (Å²) in [6.07, 6.45) is 0. The van der Waals surface area contributed by atoms with Crippen LogP contribution in [0.4, 0.5) is 0 Å². The Morgan fingerprint density at radius 3 is 1.39 bits per heavy atom. The molecule has 0 spiro atoms. The summed E-state index contributed by atoms with van der Waals surface area (Å²) in [6, 6.07) is 27.3. The Hall–Kier alpha value is -3.24. The second-order valence-corrected chi connectivity index (χ2v) is 7.55. The standard InChI is InChI=1S/C24H16O4/c25-21-19-20(22(26)27-21)24(16-11-5-2-6-12-16)18-14-8-7-13-17(18)23(19,28-24)15-9-3-1-4-10-15/h1-14,19-20H/t19-,20+,23-,24-/m0/s1. The van der Waals surface area contributed by atoms with Gasteiger partial charge in [0, 0.05) is 0 Å². The number of benzene rings is 3. The predicted molar refractivity (Wildman–Crippen MR) is 100 cm³/mol. The highest BCUT2D eigenvalue weighted by atomic mass is 16.6. The molecule has 0 aromatic heterocycles. The van der Waals surface area contributed by atoms with E-state index in [2.05, 4.69) is 0 Å². The molecular formula is C24H16O4. The van der Waals surface area contributed by atoms with Crippen molar-refractivity contribution in [3.05, 3.63) is 107 Å². The predicted octanol–water partition coefficient (Wildman–Crippen LogP) is 3.53. The lowest BCUT2D eigenvalue weighted by Gasteiger charge is -2.33. The Morgan fingerprint density at radius 1 is 0.571 bits per heavy atom. The zero-order valence-corrected chi connectivity index (χ0v) is 14.9. The van der Waals surface area contributed by atoms with Crippen LogP contribution < -0.4 is 0 Å². The Morgan fingerprint density at radius 2 is 0.964 bits per heavy atom. The molecule has 3 aliphatic heterocycles. The van der Waals surface area contributed by atoms with E-state index in [-0.39, 0.29) is 0 Å². The van der Waals surface area contributed by atoms with Gasteiger partial charge in [0.05, 0.1) is 0 Å². The van der Waals surface area contributed by atoms with Crippen molar-refractivity contribution in [2.24, 2.45) is 11.8 Å². The van der Waals surface area contributed by atoms with Gasteiger partial charge >= 0.3 is 11.9 Å². The molecule has 3 aliphatic rings. The molecular weight excluding hydrogens is 352 g/mol. The summed E-state index contributed by atoms with van der Waals surface area (Å²) in [4.78, 5) is 25.8. The van der Waals surface area contributed by atoms with Crippen molar-refractivity contribution in [1.29, 1.82) is 0 Å². The van der Waals surface area contributed by atoms with Crippen molar-refractivity contribution >= 4 is 11.9 Å². The number of esters is 2. The fourth-order valence-corrected chi connectivity index (χ4v) is 5.42. The van der Waals surface area contributed by atoms with E-state index in [0.29, 0.717) is 0 Å². The largest absolute Gasteiger partial charge is 0.392 e. The maximum Gasteiger partial charge on any atom is 0.321 e. The number of hydrogen-bond acceptors (Lipinski definition) is 4. The van der Waals surface area contributed by atoms with Gasteiger partial charge in [0.25, 0.3) is 0 Å². The molecule has 3 aromatic rings. The minimum absolute atomic E-state index is 0.508. The topological polar surface area (TPSA) is 52.6 Å². The zero-order valence-electron chi connectivity index (χ0n) is 14.9. The van der Waals surface area contributed by atoms with Gasteiger partial charge in [-0.1, -0.05) is 84.9 Å². The summed E-state index contributed by atoms with van der Waals surface area (Å²) in [7, 11) is 0. The number of hydrogen-bond donors (Lipinski definition) is 0. The lowest BCUT2D eigenvalue weighted by Crippen LogP contribution is -2.42. The van der Waals surface area contributed by atoms with E-state index in [1.165, 1.54) is 0 Å². The van der Waals surface area contributed by atoms with Crippen LogP contribution >= 0.6 is 0 Å². The molecule has 2 fully saturated rings. The van der Waals surface area contributed by atoms with Crippen LogP contribution in [0.25, 0.3) is 0 Å². The second-order valence-electron chi connectivity index (χ2n) is 7.55. The summed E-state index contributed by atoms with van der Waals surface area (Å²) in [5.74, 6) is -2.44. The highest BCUT2D eigenvalue weighted by Crippen LogP contribution is 2.70. The third kappa shape index (κ3) is 1.61. The van der Waals surface area contributed by atoms with Crippen LogP contribution in [0.5, 0.6) is 0 Å². The first-order chi connectivity index (χ1) is 13.7. The normalized spacial score (nSPS) is 32.1. The zero-order chi connectivity index (χ0) is 18.9. The fourth-order valence-electron chi connectivity index (χ4n) is 5.42. The highest BCUT2D eigenvalue weighted by Gasteiger charge is 2.78. The van der Waals surface area contributed by atoms with Gasteiger partial charge in [0.2, 0.25) is 0 Å². The van der Waals surface area contributed by atoms with Crippen molar-refractivity contribution < 1.29 is 19.1 Å². The molecule has 0 unspecified atom stereocenters. The molecule has 4 atom stereocenters. The summed E-state index contributed by atoms with van der Waals surface area (Å²) in [5, 5.41) is 0. The molecule has 4 nitrogen and oxygen atoms in total. The van der Waals surface area contributed by atoms with Crippen LogP contribution in [0.15, 0.2) is 84.9 Å². The van der Waals surface area contributed by atoms with E-state index in [0.717, 1.165) is 22.3 Å². The summed E-state index contributed by atoms with van der Waals surface area (Å²) >= 11 is 0. The Balaban J connectivity index is 1.75. The molecule has 2 saturated heterocycles. The third-order valence-electron chi connectivity index (χ3n) is 6.37. The molecule has 6 rings (SSSR count). The van der Waals surface area contributed by atoms with E-state index in [4.69, 9.17) is 9.47 Å². The maximum absolute atomic E-state index is 12.9. The van der Waals surface area contributed by atoms with Crippen LogP contribution in [-0.4, -0.2) is 11.9 Å². The van der Waals surface area contributed by atoms with Crippen LogP contribution in [0, 0.1) is 11.8 Å². The van der Waals surface area contributed by atoms with Crippen molar-refractivity contribution in [3.63, 3.8) is 0 Å². The third-order valence-corrected chi connectivity index (χ3v) is 6.37. The fraction of sp³-hybridized carbons (Fsp3) is 0.167. The molecule has 4 heteroatoms. The molecule has 2 bridgehead atoms. The minimum Gasteiger partial charge on any atom is -0.392 e. The van der Waals surface area contributed by atoms with Crippen molar-refractivity contribution in [2.45, 2.75) is 11.2 Å². The van der Waals surface area contributed by atoms with E-state index < -0.39 is 35.0 Å². The van der Waals surface area contributed by atoms with Gasteiger partial charge in [-0.15, -0.1) is 0 Å². The van der Waals surface area contributed by atoms with E-state index >= 15 is 0 Å². The van der Waals surface area contributed by atoms with Gasteiger partial charge in [-0.2, -0.15) is 0 Å². The molecule has 0 radical (unpaired) electrons. The van der Waals surface area contributed by atoms with Crippen LogP contribution in [-0.2, 0) is 30.3 Å². The van der Waals surface area contributed by atoms with Crippen LogP contribution in [0.3, 0.4) is 0 Å². The average Bonchev–Trinajstić information content (AvgIpc) is 3.36.